The Morgan fingerprint density at radius 2 is 1.70 bits per heavy atom. The van der Waals surface area contributed by atoms with E-state index in [1.54, 1.807) is 7.11 Å². The SMILES string of the molecule is COc1ccc2c(c1)C(=O)/C(=C/c1ccc(N3CCN(C)CC3)cc1)CC2. The molecule has 1 fully saturated rings. The van der Waals surface area contributed by atoms with Gasteiger partial charge >= 0.3 is 0 Å². The molecular weight excluding hydrogens is 336 g/mol. The number of ether oxygens (including phenoxy) is 1. The molecule has 27 heavy (non-hydrogen) atoms. The number of hydrogen-bond acceptors (Lipinski definition) is 4. The van der Waals surface area contributed by atoms with Gasteiger partial charge < -0.3 is 14.5 Å². The van der Waals surface area contributed by atoms with Gasteiger partial charge in [0.05, 0.1) is 7.11 Å². The highest BCUT2D eigenvalue weighted by Gasteiger charge is 2.22. The van der Waals surface area contributed by atoms with Crippen LogP contribution in [0.2, 0.25) is 0 Å². The number of Topliss-reactive ketones (excluding diaryl/α,β-unsaturated/α-hetero) is 1. The van der Waals surface area contributed by atoms with Gasteiger partial charge in [-0.05, 0) is 61.4 Å². The lowest BCUT2D eigenvalue weighted by atomic mass is 9.86. The van der Waals surface area contributed by atoms with E-state index in [4.69, 9.17) is 4.74 Å². The Labute approximate surface area is 161 Å². The van der Waals surface area contributed by atoms with Crippen LogP contribution >= 0.6 is 0 Å². The Balaban J connectivity index is 1.52. The van der Waals surface area contributed by atoms with Crippen molar-refractivity contribution < 1.29 is 9.53 Å². The predicted octanol–water partition coefficient (Wildman–Crippen LogP) is 3.66. The summed E-state index contributed by atoms with van der Waals surface area (Å²) in [4.78, 5) is 17.7. The van der Waals surface area contributed by atoms with Crippen molar-refractivity contribution in [2.45, 2.75) is 12.8 Å². The van der Waals surface area contributed by atoms with Gasteiger partial charge in [0.15, 0.2) is 5.78 Å². The summed E-state index contributed by atoms with van der Waals surface area (Å²) in [5.74, 6) is 0.859. The first kappa shape index (κ1) is 17.8. The zero-order chi connectivity index (χ0) is 18.8. The van der Waals surface area contributed by atoms with E-state index in [1.807, 2.05) is 24.3 Å². The number of likely N-dealkylation sites (N-methyl/N-ethyl adjacent to an activating group) is 1. The molecule has 0 spiro atoms. The summed E-state index contributed by atoms with van der Waals surface area (Å²) in [6.45, 7) is 4.33. The number of methoxy groups -OCH3 is 1. The lowest BCUT2D eigenvalue weighted by Crippen LogP contribution is -2.44. The van der Waals surface area contributed by atoms with Crippen LogP contribution in [0.15, 0.2) is 48.0 Å². The van der Waals surface area contributed by atoms with Gasteiger partial charge in [-0.15, -0.1) is 0 Å². The van der Waals surface area contributed by atoms with Crippen LogP contribution in [0.4, 0.5) is 5.69 Å². The van der Waals surface area contributed by atoms with E-state index < -0.39 is 0 Å². The highest BCUT2D eigenvalue weighted by Crippen LogP contribution is 2.29. The third kappa shape index (κ3) is 3.76. The minimum Gasteiger partial charge on any atom is -0.497 e. The molecule has 2 aliphatic rings. The molecule has 0 bridgehead atoms. The van der Waals surface area contributed by atoms with Crippen LogP contribution in [0.1, 0.15) is 27.9 Å². The predicted molar refractivity (Wildman–Crippen MR) is 110 cm³/mol. The van der Waals surface area contributed by atoms with E-state index in [0.717, 1.165) is 67.0 Å². The molecule has 2 aromatic carbocycles. The highest BCUT2D eigenvalue weighted by atomic mass is 16.5. The molecule has 4 heteroatoms. The number of anilines is 1. The van der Waals surface area contributed by atoms with Crippen LogP contribution < -0.4 is 9.64 Å². The van der Waals surface area contributed by atoms with Crippen LogP contribution in [0.25, 0.3) is 6.08 Å². The van der Waals surface area contributed by atoms with Crippen molar-refractivity contribution in [3.05, 3.63) is 64.7 Å². The molecule has 0 aromatic heterocycles. The maximum absolute atomic E-state index is 12.9. The van der Waals surface area contributed by atoms with Gasteiger partial charge in [-0.25, -0.2) is 0 Å². The maximum Gasteiger partial charge on any atom is 0.189 e. The zero-order valence-electron chi connectivity index (χ0n) is 16.1. The number of fused-ring (bicyclic) bond motifs is 1. The highest BCUT2D eigenvalue weighted by molar-refractivity contribution is 6.13. The summed E-state index contributed by atoms with van der Waals surface area (Å²) < 4.78 is 5.28. The number of benzene rings is 2. The number of rotatable bonds is 3. The van der Waals surface area contributed by atoms with Crippen LogP contribution in [0.3, 0.4) is 0 Å². The number of carbonyl (C=O) groups is 1. The molecule has 140 valence electrons. The monoisotopic (exact) mass is 362 g/mol. The van der Waals surface area contributed by atoms with Gasteiger partial charge in [-0.2, -0.15) is 0 Å². The second-order valence-corrected chi connectivity index (χ2v) is 7.40. The normalized spacial score (nSPS) is 19.3. The van der Waals surface area contributed by atoms with Gasteiger partial charge in [0.2, 0.25) is 0 Å². The Morgan fingerprint density at radius 1 is 0.963 bits per heavy atom. The molecule has 0 unspecified atom stereocenters. The zero-order valence-corrected chi connectivity index (χ0v) is 16.1. The molecular formula is C23H26N2O2. The first-order valence-electron chi connectivity index (χ1n) is 9.60. The maximum atomic E-state index is 12.9. The second kappa shape index (κ2) is 7.57. The number of hydrogen-bond donors (Lipinski definition) is 0. The van der Waals surface area contributed by atoms with Crippen LogP contribution in [0, 0.1) is 0 Å². The largest absolute Gasteiger partial charge is 0.497 e. The van der Waals surface area contributed by atoms with E-state index >= 15 is 0 Å². The van der Waals surface area contributed by atoms with Crippen molar-refractivity contribution in [1.29, 1.82) is 0 Å². The molecule has 1 aliphatic carbocycles. The van der Waals surface area contributed by atoms with Crippen LogP contribution in [0.5, 0.6) is 5.75 Å². The fourth-order valence-corrected chi connectivity index (χ4v) is 3.85. The summed E-state index contributed by atoms with van der Waals surface area (Å²) in [5.41, 5.74) is 5.12. The molecule has 4 nitrogen and oxygen atoms in total. The molecule has 0 saturated carbocycles. The standard InChI is InChI=1S/C23H26N2O2/c1-24-11-13-25(14-12-24)20-8-3-17(4-9-20)15-19-6-5-18-7-10-21(27-2)16-22(18)23(19)26/h3-4,7-10,15-16H,5-6,11-14H2,1-2H3/b19-15+. The molecule has 0 amide bonds. The quantitative estimate of drug-likeness (QED) is 0.780. The van der Waals surface area contributed by atoms with Gasteiger partial charge in [-0.1, -0.05) is 18.2 Å². The third-order valence-corrected chi connectivity index (χ3v) is 5.62. The average molecular weight is 362 g/mol. The average Bonchev–Trinajstić information content (AvgIpc) is 2.71. The van der Waals surface area contributed by atoms with Crippen molar-refractivity contribution >= 4 is 17.5 Å². The van der Waals surface area contributed by atoms with Crippen LogP contribution in [-0.4, -0.2) is 51.0 Å². The van der Waals surface area contributed by atoms with Gasteiger partial charge in [0, 0.05) is 43.0 Å². The molecule has 1 heterocycles. The second-order valence-electron chi connectivity index (χ2n) is 7.40. The van der Waals surface area contributed by atoms with E-state index in [1.165, 1.54) is 5.69 Å². The first-order valence-corrected chi connectivity index (χ1v) is 9.60. The minimum atomic E-state index is 0.123. The molecule has 1 saturated heterocycles. The fraction of sp³-hybridized carbons (Fsp3) is 0.348. The van der Waals surface area contributed by atoms with E-state index in [0.29, 0.717) is 0 Å². The Bertz CT molecular complexity index is 862. The van der Waals surface area contributed by atoms with Crippen molar-refractivity contribution in [1.82, 2.24) is 4.90 Å². The van der Waals surface area contributed by atoms with Gasteiger partial charge in [0.25, 0.3) is 0 Å². The summed E-state index contributed by atoms with van der Waals surface area (Å²) in [6, 6.07) is 14.4. The number of aryl methyl sites for hydroxylation is 1. The number of ketones is 1. The number of piperazine rings is 1. The Hall–Kier alpha value is -2.59. The number of carbonyl (C=O) groups excluding carboxylic acids is 1. The van der Waals surface area contributed by atoms with Gasteiger partial charge in [-0.3, -0.25) is 4.79 Å². The third-order valence-electron chi connectivity index (χ3n) is 5.62. The van der Waals surface area contributed by atoms with E-state index in [9.17, 15) is 4.79 Å². The fourth-order valence-electron chi connectivity index (χ4n) is 3.85. The topological polar surface area (TPSA) is 32.8 Å². The molecule has 2 aromatic rings. The van der Waals surface area contributed by atoms with E-state index in [2.05, 4.69) is 41.1 Å². The van der Waals surface area contributed by atoms with Crippen molar-refractivity contribution in [3.8, 4) is 5.75 Å². The molecule has 1 aliphatic heterocycles. The minimum absolute atomic E-state index is 0.123. The summed E-state index contributed by atoms with van der Waals surface area (Å²) in [6.07, 6.45) is 3.73. The number of nitrogens with zero attached hydrogens (tertiary/aromatic N) is 2. The molecule has 4 rings (SSSR count). The van der Waals surface area contributed by atoms with Gasteiger partial charge in [0.1, 0.15) is 5.75 Å². The van der Waals surface area contributed by atoms with Crippen molar-refractivity contribution in [2.75, 3.05) is 45.2 Å². The molecule has 0 atom stereocenters. The summed E-state index contributed by atoms with van der Waals surface area (Å²) in [7, 11) is 3.80. The summed E-state index contributed by atoms with van der Waals surface area (Å²) >= 11 is 0. The lowest BCUT2D eigenvalue weighted by Gasteiger charge is -2.34. The van der Waals surface area contributed by atoms with Crippen LogP contribution in [-0.2, 0) is 6.42 Å². The van der Waals surface area contributed by atoms with E-state index in [-0.39, 0.29) is 5.78 Å². The number of allylic oxidation sites excluding steroid dienone is 1. The first-order chi connectivity index (χ1) is 13.1. The molecule has 0 radical (unpaired) electrons. The smallest absolute Gasteiger partial charge is 0.189 e. The van der Waals surface area contributed by atoms with Crippen molar-refractivity contribution in [3.63, 3.8) is 0 Å². The molecule has 0 N–H and O–H groups in total. The Kier molecular flexibility index (Phi) is 4.99. The summed E-state index contributed by atoms with van der Waals surface area (Å²) in [5, 5.41) is 0. The Morgan fingerprint density at radius 3 is 2.41 bits per heavy atom. The van der Waals surface area contributed by atoms with Crippen molar-refractivity contribution in [2.24, 2.45) is 0 Å². The lowest BCUT2D eigenvalue weighted by molar-refractivity contribution is 0.102.